The molecule has 0 unspecified atom stereocenters. The van der Waals surface area contributed by atoms with E-state index in [1.165, 1.54) is 6.07 Å². The van der Waals surface area contributed by atoms with Gasteiger partial charge in [-0.25, -0.2) is 0 Å². The molecule has 0 amide bonds. The van der Waals surface area contributed by atoms with Gasteiger partial charge < -0.3 is 9.84 Å². The number of carboxylic acid groups (broad SMARTS) is 1. The van der Waals surface area contributed by atoms with Gasteiger partial charge in [0.05, 0.1) is 29.9 Å². The molecule has 0 radical (unpaired) electrons. The molecule has 1 aromatic rings. The first-order valence-corrected chi connectivity index (χ1v) is 5.45. The largest absolute Gasteiger partial charge is 0.494 e. The summed E-state index contributed by atoms with van der Waals surface area (Å²) in [4.78, 5) is 10.3. The van der Waals surface area contributed by atoms with Crippen molar-refractivity contribution in [2.45, 2.75) is 19.3 Å². The molecule has 0 aliphatic heterocycles. The van der Waals surface area contributed by atoms with Crippen molar-refractivity contribution >= 4 is 5.97 Å². The van der Waals surface area contributed by atoms with Crippen LogP contribution in [-0.2, 0) is 4.79 Å². The molecule has 0 fully saturated rings. The van der Waals surface area contributed by atoms with Gasteiger partial charge in [-0.05, 0) is 31.0 Å². The van der Waals surface area contributed by atoms with E-state index in [1.54, 1.807) is 12.1 Å². The van der Waals surface area contributed by atoms with E-state index in [9.17, 15) is 4.79 Å². The Labute approximate surface area is 105 Å². The van der Waals surface area contributed by atoms with E-state index >= 15 is 0 Å². The van der Waals surface area contributed by atoms with Crippen LogP contribution in [0.15, 0.2) is 18.2 Å². The molecule has 18 heavy (non-hydrogen) atoms. The van der Waals surface area contributed by atoms with Gasteiger partial charge in [0.15, 0.2) is 0 Å². The molecule has 5 nitrogen and oxygen atoms in total. The Morgan fingerprint density at radius 2 is 1.78 bits per heavy atom. The molecule has 1 N–H and O–H groups in total. The summed E-state index contributed by atoms with van der Waals surface area (Å²) in [6, 6.07) is 8.49. The molecule has 5 heteroatoms. The molecule has 0 atom stereocenters. The summed E-state index contributed by atoms with van der Waals surface area (Å²) >= 11 is 0. The highest BCUT2D eigenvalue weighted by molar-refractivity contribution is 5.66. The van der Waals surface area contributed by atoms with Crippen LogP contribution in [0, 0.1) is 22.7 Å². The number of hydrogen-bond donors (Lipinski definition) is 1. The van der Waals surface area contributed by atoms with Crippen molar-refractivity contribution in [3.05, 3.63) is 29.3 Å². The maximum atomic E-state index is 10.3. The van der Waals surface area contributed by atoms with E-state index in [2.05, 4.69) is 0 Å². The highest BCUT2D eigenvalue weighted by Gasteiger charge is 2.02. The van der Waals surface area contributed by atoms with E-state index in [4.69, 9.17) is 20.4 Å². The fourth-order valence-corrected chi connectivity index (χ4v) is 1.38. The third kappa shape index (κ3) is 4.54. The minimum absolute atomic E-state index is 0.116. The monoisotopic (exact) mass is 244 g/mol. The Kier molecular flexibility index (Phi) is 5.21. The number of hydrogen-bond acceptors (Lipinski definition) is 4. The Balaban J connectivity index is 2.50. The molecule has 0 aliphatic rings. The number of carbonyl (C=O) groups is 1. The van der Waals surface area contributed by atoms with E-state index in [-0.39, 0.29) is 6.42 Å². The molecular formula is C13H12N2O3. The van der Waals surface area contributed by atoms with Crippen LogP contribution in [0.4, 0.5) is 0 Å². The Morgan fingerprint density at radius 1 is 1.17 bits per heavy atom. The summed E-state index contributed by atoms with van der Waals surface area (Å²) in [7, 11) is 0. The summed E-state index contributed by atoms with van der Waals surface area (Å²) in [6.45, 7) is 0.368. The van der Waals surface area contributed by atoms with Gasteiger partial charge in [0.25, 0.3) is 0 Å². The zero-order chi connectivity index (χ0) is 13.4. The summed E-state index contributed by atoms with van der Waals surface area (Å²) in [6.07, 6.45) is 1.27. The lowest BCUT2D eigenvalue weighted by molar-refractivity contribution is -0.137. The number of aliphatic carboxylic acids is 1. The number of nitriles is 2. The molecule has 0 aliphatic carbocycles. The van der Waals surface area contributed by atoms with Gasteiger partial charge in [0, 0.05) is 6.42 Å². The van der Waals surface area contributed by atoms with Gasteiger partial charge in [0.1, 0.15) is 5.75 Å². The zero-order valence-corrected chi connectivity index (χ0v) is 9.72. The van der Waals surface area contributed by atoms with Crippen molar-refractivity contribution in [3.63, 3.8) is 0 Å². The van der Waals surface area contributed by atoms with Gasteiger partial charge in [-0.15, -0.1) is 0 Å². The summed E-state index contributed by atoms with van der Waals surface area (Å²) in [5.74, 6) is -0.367. The van der Waals surface area contributed by atoms with Gasteiger partial charge in [0.2, 0.25) is 0 Å². The second-order valence-corrected chi connectivity index (χ2v) is 3.67. The first-order chi connectivity index (χ1) is 8.65. The number of ether oxygens (including phenoxy) is 1. The van der Waals surface area contributed by atoms with E-state index in [0.29, 0.717) is 36.3 Å². The number of nitrogens with zero attached hydrogens (tertiary/aromatic N) is 2. The van der Waals surface area contributed by atoms with Crippen LogP contribution >= 0.6 is 0 Å². The van der Waals surface area contributed by atoms with Gasteiger partial charge >= 0.3 is 5.97 Å². The van der Waals surface area contributed by atoms with Crippen molar-refractivity contribution in [1.29, 1.82) is 10.5 Å². The van der Waals surface area contributed by atoms with Crippen LogP contribution in [0.2, 0.25) is 0 Å². The molecule has 0 heterocycles. The topological polar surface area (TPSA) is 94.1 Å². The molecule has 1 rings (SSSR count). The molecule has 0 saturated heterocycles. The summed E-state index contributed by atoms with van der Waals surface area (Å²) < 4.78 is 5.38. The van der Waals surface area contributed by atoms with Crippen molar-refractivity contribution in [1.82, 2.24) is 0 Å². The third-order valence-electron chi connectivity index (χ3n) is 2.22. The number of unbranched alkanes of at least 4 members (excludes halogenated alkanes) is 1. The van der Waals surface area contributed by atoms with Gasteiger partial charge in [-0.1, -0.05) is 0 Å². The standard InChI is InChI=1S/C13H12N2O3/c14-8-10-5-11(9-15)7-12(6-10)18-4-2-1-3-13(16)17/h5-7H,1-4H2,(H,16,17). The minimum Gasteiger partial charge on any atom is -0.494 e. The van der Waals surface area contributed by atoms with Crippen molar-refractivity contribution in [2.75, 3.05) is 6.61 Å². The maximum Gasteiger partial charge on any atom is 0.303 e. The van der Waals surface area contributed by atoms with Crippen LogP contribution in [0.5, 0.6) is 5.75 Å². The Bertz CT molecular complexity index is 480. The number of rotatable bonds is 6. The van der Waals surface area contributed by atoms with E-state index in [0.717, 1.165) is 0 Å². The van der Waals surface area contributed by atoms with Gasteiger partial charge in [-0.2, -0.15) is 10.5 Å². The predicted octanol–water partition coefficient (Wildman–Crippen LogP) is 2.06. The fraction of sp³-hybridized carbons (Fsp3) is 0.308. The lowest BCUT2D eigenvalue weighted by Crippen LogP contribution is -2.00. The molecule has 0 aromatic heterocycles. The average molecular weight is 244 g/mol. The Morgan fingerprint density at radius 3 is 2.28 bits per heavy atom. The lowest BCUT2D eigenvalue weighted by atomic mass is 10.1. The molecular weight excluding hydrogens is 232 g/mol. The lowest BCUT2D eigenvalue weighted by Gasteiger charge is -2.06. The van der Waals surface area contributed by atoms with Crippen LogP contribution in [-0.4, -0.2) is 17.7 Å². The average Bonchev–Trinajstić information content (AvgIpc) is 2.37. The van der Waals surface area contributed by atoms with Crippen molar-refractivity contribution < 1.29 is 14.6 Å². The quantitative estimate of drug-likeness (QED) is 0.773. The second-order valence-electron chi connectivity index (χ2n) is 3.67. The van der Waals surface area contributed by atoms with Crippen LogP contribution in [0.1, 0.15) is 30.4 Å². The molecule has 0 saturated carbocycles. The number of benzene rings is 1. The third-order valence-corrected chi connectivity index (χ3v) is 2.22. The van der Waals surface area contributed by atoms with Crippen LogP contribution in [0.25, 0.3) is 0 Å². The maximum absolute atomic E-state index is 10.3. The van der Waals surface area contributed by atoms with Gasteiger partial charge in [-0.3, -0.25) is 4.79 Å². The first-order valence-electron chi connectivity index (χ1n) is 5.45. The first kappa shape index (κ1) is 13.5. The van der Waals surface area contributed by atoms with Crippen LogP contribution in [0.3, 0.4) is 0 Å². The molecule has 0 spiro atoms. The predicted molar refractivity (Wildman–Crippen MR) is 62.9 cm³/mol. The SMILES string of the molecule is N#Cc1cc(C#N)cc(OCCCCC(=O)O)c1. The highest BCUT2D eigenvalue weighted by Crippen LogP contribution is 2.16. The van der Waals surface area contributed by atoms with Crippen LogP contribution < -0.4 is 4.74 Å². The second kappa shape index (κ2) is 6.93. The smallest absolute Gasteiger partial charge is 0.303 e. The highest BCUT2D eigenvalue weighted by atomic mass is 16.5. The fourth-order valence-electron chi connectivity index (χ4n) is 1.38. The normalized spacial score (nSPS) is 9.22. The van der Waals surface area contributed by atoms with Crippen molar-refractivity contribution in [3.8, 4) is 17.9 Å². The molecule has 1 aromatic carbocycles. The minimum atomic E-state index is -0.826. The summed E-state index contributed by atoms with van der Waals surface area (Å²) in [5, 5.41) is 26.0. The Hall–Kier alpha value is -2.53. The number of carboxylic acids is 1. The van der Waals surface area contributed by atoms with E-state index < -0.39 is 5.97 Å². The molecule has 92 valence electrons. The van der Waals surface area contributed by atoms with E-state index in [1.807, 2.05) is 12.1 Å². The molecule has 0 bridgehead atoms. The summed E-state index contributed by atoms with van der Waals surface area (Å²) in [5.41, 5.74) is 0.740. The van der Waals surface area contributed by atoms with Crippen molar-refractivity contribution in [2.24, 2.45) is 0 Å². The zero-order valence-electron chi connectivity index (χ0n) is 9.72.